The van der Waals surface area contributed by atoms with E-state index < -0.39 is 0 Å². The number of nitrogens with zero attached hydrogens (tertiary/aromatic N) is 2. The van der Waals surface area contributed by atoms with Gasteiger partial charge < -0.3 is 10.5 Å². The number of aromatic nitrogens is 2. The average molecular weight is 364 g/mol. The number of ether oxygens (including phenoxy) is 1. The highest BCUT2D eigenvalue weighted by Crippen LogP contribution is 2.45. The minimum atomic E-state index is -0.0956. The molecule has 2 heterocycles. The van der Waals surface area contributed by atoms with Gasteiger partial charge in [0.25, 0.3) is 0 Å². The van der Waals surface area contributed by atoms with Crippen molar-refractivity contribution >= 4 is 0 Å². The number of H-pyrrole nitrogens is 1. The van der Waals surface area contributed by atoms with E-state index in [1.54, 1.807) is 0 Å². The number of hydrogen-bond acceptors (Lipinski definition) is 4. The number of fused-ring (bicyclic) bond motifs is 1. The molecular weight excluding hydrogens is 336 g/mol. The minimum absolute atomic E-state index is 0.0956. The molecule has 3 N–H and O–H groups in total. The summed E-state index contributed by atoms with van der Waals surface area (Å²) in [5, 5.41) is 17.1. The van der Waals surface area contributed by atoms with Crippen LogP contribution in [0.3, 0.4) is 0 Å². The third-order valence-corrected chi connectivity index (χ3v) is 5.24. The Morgan fingerprint density at radius 1 is 1.22 bits per heavy atom. The maximum Gasteiger partial charge on any atom is 0.244 e. The molecule has 1 aliphatic heterocycles. The molecule has 2 unspecified atom stereocenters. The molecule has 0 bridgehead atoms. The van der Waals surface area contributed by atoms with E-state index in [1.165, 1.54) is 12.8 Å². The zero-order chi connectivity index (χ0) is 19.4. The van der Waals surface area contributed by atoms with E-state index in [4.69, 9.17) is 10.5 Å². The molecule has 3 rings (SSSR count). The van der Waals surface area contributed by atoms with Gasteiger partial charge in [0.1, 0.15) is 6.07 Å². The maximum atomic E-state index is 9.72. The van der Waals surface area contributed by atoms with E-state index in [0.29, 0.717) is 17.4 Å². The number of benzene rings is 1. The van der Waals surface area contributed by atoms with Crippen molar-refractivity contribution in [3.05, 3.63) is 47.4 Å². The SMILES string of the molecule is CC(C)CCCC(C)CC1C(C#N)=C(N)Oc2n[nH]c(-c3ccccc3)c21. The molecule has 0 radical (unpaired) electrons. The third-order valence-electron chi connectivity index (χ3n) is 5.24. The van der Waals surface area contributed by atoms with Crippen molar-refractivity contribution in [3.63, 3.8) is 0 Å². The Labute approximate surface area is 161 Å². The van der Waals surface area contributed by atoms with Gasteiger partial charge in [-0.25, -0.2) is 0 Å². The molecule has 27 heavy (non-hydrogen) atoms. The minimum Gasteiger partial charge on any atom is -0.420 e. The van der Waals surface area contributed by atoms with Crippen LogP contribution in [-0.4, -0.2) is 10.2 Å². The number of rotatable bonds is 7. The van der Waals surface area contributed by atoms with Crippen molar-refractivity contribution in [1.29, 1.82) is 5.26 Å². The summed E-state index contributed by atoms with van der Waals surface area (Å²) in [7, 11) is 0. The van der Waals surface area contributed by atoms with Gasteiger partial charge in [0.2, 0.25) is 11.8 Å². The lowest BCUT2D eigenvalue weighted by Crippen LogP contribution is -2.21. The summed E-state index contributed by atoms with van der Waals surface area (Å²) in [6.45, 7) is 6.76. The molecule has 2 atom stereocenters. The van der Waals surface area contributed by atoms with Crippen LogP contribution in [0.5, 0.6) is 5.88 Å². The average Bonchev–Trinajstić information content (AvgIpc) is 3.06. The smallest absolute Gasteiger partial charge is 0.244 e. The van der Waals surface area contributed by atoms with Crippen LogP contribution in [0.2, 0.25) is 0 Å². The molecule has 0 amide bonds. The lowest BCUT2D eigenvalue weighted by Gasteiger charge is -2.26. The maximum absolute atomic E-state index is 9.72. The van der Waals surface area contributed by atoms with Gasteiger partial charge in [0, 0.05) is 5.92 Å². The fourth-order valence-electron chi connectivity index (χ4n) is 3.80. The summed E-state index contributed by atoms with van der Waals surface area (Å²) in [5.41, 5.74) is 9.44. The van der Waals surface area contributed by atoms with Gasteiger partial charge in [0.05, 0.1) is 16.8 Å². The van der Waals surface area contributed by atoms with Crippen LogP contribution >= 0.6 is 0 Å². The molecule has 5 nitrogen and oxygen atoms in total. The molecule has 142 valence electrons. The van der Waals surface area contributed by atoms with Crippen LogP contribution in [0.1, 0.15) is 57.9 Å². The number of allylic oxidation sites excluding steroid dienone is 1. The highest BCUT2D eigenvalue weighted by Gasteiger charge is 2.35. The van der Waals surface area contributed by atoms with Crippen molar-refractivity contribution in [3.8, 4) is 23.2 Å². The summed E-state index contributed by atoms with van der Waals surface area (Å²) in [6, 6.07) is 12.3. The molecule has 0 saturated heterocycles. The molecular formula is C22H28N4O. The Balaban J connectivity index is 1.90. The quantitative estimate of drug-likeness (QED) is 0.715. The van der Waals surface area contributed by atoms with Gasteiger partial charge in [-0.15, -0.1) is 5.10 Å². The number of hydrogen-bond donors (Lipinski definition) is 2. The van der Waals surface area contributed by atoms with Crippen LogP contribution < -0.4 is 10.5 Å². The monoisotopic (exact) mass is 364 g/mol. The largest absolute Gasteiger partial charge is 0.420 e. The molecule has 1 aromatic heterocycles. The molecule has 2 aromatic rings. The summed E-state index contributed by atoms with van der Waals surface area (Å²) in [5.74, 6) is 1.77. The first kappa shape index (κ1) is 19.0. The van der Waals surface area contributed by atoms with Gasteiger partial charge in [0.15, 0.2) is 0 Å². The first-order chi connectivity index (χ1) is 13.0. The van der Waals surface area contributed by atoms with Gasteiger partial charge in [-0.2, -0.15) is 5.26 Å². The van der Waals surface area contributed by atoms with Gasteiger partial charge in [-0.3, -0.25) is 5.10 Å². The van der Waals surface area contributed by atoms with Crippen LogP contribution in [0.25, 0.3) is 11.3 Å². The number of nitriles is 1. The van der Waals surface area contributed by atoms with E-state index in [-0.39, 0.29) is 11.8 Å². The van der Waals surface area contributed by atoms with Crippen molar-refractivity contribution in [2.45, 2.75) is 52.4 Å². The number of nitrogens with two attached hydrogens (primary N) is 1. The first-order valence-electron chi connectivity index (χ1n) is 9.72. The Morgan fingerprint density at radius 3 is 2.63 bits per heavy atom. The topological polar surface area (TPSA) is 87.7 Å². The standard InChI is InChI=1S/C22H28N4O/c1-14(2)8-7-9-15(3)12-17-18(13-23)21(24)27-22-19(17)20(25-26-22)16-10-5-4-6-11-16/h4-6,10-11,14-15,17H,7-9,12,24H2,1-3H3,(H,25,26). The van der Waals surface area contributed by atoms with E-state index >= 15 is 0 Å². The molecule has 1 aliphatic rings. The van der Waals surface area contributed by atoms with Gasteiger partial charge in [-0.1, -0.05) is 70.4 Å². The van der Waals surface area contributed by atoms with Crippen LogP contribution in [-0.2, 0) is 0 Å². The molecule has 0 aliphatic carbocycles. The Kier molecular flexibility index (Phi) is 5.85. The predicted octanol–water partition coefficient (Wildman–Crippen LogP) is 5.10. The molecule has 1 aromatic carbocycles. The van der Waals surface area contributed by atoms with Crippen molar-refractivity contribution in [2.75, 3.05) is 0 Å². The van der Waals surface area contributed by atoms with Crippen molar-refractivity contribution < 1.29 is 4.74 Å². The van der Waals surface area contributed by atoms with Crippen LogP contribution in [0.4, 0.5) is 0 Å². The zero-order valence-corrected chi connectivity index (χ0v) is 16.3. The summed E-state index contributed by atoms with van der Waals surface area (Å²) in [6.07, 6.45) is 4.43. The van der Waals surface area contributed by atoms with Crippen molar-refractivity contribution in [1.82, 2.24) is 10.2 Å². The Morgan fingerprint density at radius 2 is 1.96 bits per heavy atom. The van der Waals surface area contributed by atoms with E-state index in [2.05, 4.69) is 37.0 Å². The molecule has 0 spiro atoms. The third kappa shape index (κ3) is 4.16. The van der Waals surface area contributed by atoms with Crippen LogP contribution in [0.15, 0.2) is 41.8 Å². The fourth-order valence-corrected chi connectivity index (χ4v) is 3.80. The van der Waals surface area contributed by atoms with E-state index in [0.717, 1.165) is 35.6 Å². The number of aromatic amines is 1. The fraction of sp³-hybridized carbons (Fsp3) is 0.455. The Hall–Kier alpha value is -2.74. The summed E-state index contributed by atoms with van der Waals surface area (Å²) < 4.78 is 5.65. The molecule has 0 fully saturated rings. The highest BCUT2D eigenvalue weighted by atomic mass is 16.5. The van der Waals surface area contributed by atoms with Crippen LogP contribution in [0, 0.1) is 23.2 Å². The normalized spacial score (nSPS) is 17.4. The molecule has 5 heteroatoms. The predicted molar refractivity (Wildman–Crippen MR) is 107 cm³/mol. The second-order valence-electron chi connectivity index (χ2n) is 7.89. The first-order valence-corrected chi connectivity index (χ1v) is 9.72. The second-order valence-corrected chi connectivity index (χ2v) is 7.89. The van der Waals surface area contributed by atoms with E-state index in [9.17, 15) is 5.26 Å². The zero-order valence-electron chi connectivity index (χ0n) is 16.3. The van der Waals surface area contributed by atoms with Gasteiger partial charge >= 0.3 is 0 Å². The second kappa shape index (κ2) is 8.30. The summed E-state index contributed by atoms with van der Waals surface area (Å²) >= 11 is 0. The Bertz CT molecular complexity index is 845. The van der Waals surface area contributed by atoms with Crippen molar-refractivity contribution in [2.24, 2.45) is 17.6 Å². The summed E-state index contributed by atoms with van der Waals surface area (Å²) in [4.78, 5) is 0. The van der Waals surface area contributed by atoms with E-state index in [1.807, 2.05) is 30.3 Å². The molecule has 0 saturated carbocycles. The number of nitrogens with one attached hydrogen (secondary N) is 1. The highest BCUT2D eigenvalue weighted by molar-refractivity contribution is 5.68. The lowest BCUT2D eigenvalue weighted by molar-refractivity contribution is 0.355. The van der Waals surface area contributed by atoms with Gasteiger partial charge in [-0.05, 0) is 23.8 Å². The lowest BCUT2D eigenvalue weighted by atomic mass is 9.81.